The first-order chi connectivity index (χ1) is 11.3. The van der Waals surface area contributed by atoms with Gasteiger partial charge in [0.05, 0.1) is 6.54 Å². The fraction of sp³-hybridized carbons (Fsp3) is 0.611. The molecule has 2 aliphatic heterocycles. The van der Waals surface area contributed by atoms with Crippen LogP contribution in [0.2, 0.25) is 0 Å². The molecule has 134 valence electrons. The minimum absolute atomic E-state index is 0. The van der Waals surface area contributed by atoms with Crippen molar-refractivity contribution in [1.82, 2.24) is 10.2 Å². The maximum absolute atomic E-state index is 12.5. The lowest BCUT2D eigenvalue weighted by Gasteiger charge is -2.31. The van der Waals surface area contributed by atoms with Crippen molar-refractivity contribution in [2.75, 3.05) is 26.2 Å². The quantitative estimate of drug-likeness (QED) is 0.853. The van der Waals surface area contributed by atoms with Gasteiger partial charge in [0.15, 0.2) is 17.6 Å². The average molecular weight is 355 g/mol. The van der Waals surface area contributed by atoms with Crippen molar-refractivity contribution in [3.05, 3.63) is 24.3 Å². The summed E-state index contributed by atoms with van der Waals surface area (Å²) in [7, 11) is 0. The molecule has 0 aromatic heterocycles. The SMILES string of the molecule is CCN(CC1COc2ccccc2O1)C(=O)CCC1CCCN1.Cl. The van der Waals surface area contributed by atoms with Gasteiger partial charge in [0.2, 0.25) is 5.91 Å². The number of likely N-dealkylation sites (N-methyl/N-ethyl adjacent to an activating group) is 1. The molecule has 1 saturated heterocycles. The molecular formula is C18H27ClN2O3. The van der Waals surface area contributed by atoms with Gasteiger partial charge in [0, 0.05) is 19.0 Å². The predicted octanol–water partition coefficient (Wildman–Crippen LogP) is 2.63. The van der Waals surface area contributed by atoms with Crippen molar-refractivity contribution in [3.63, 3.8) is 0 Å². The number of ether oxygens (including phenoxy) is 2. The Morgan fingerprint density at radius 2 is 2.12 bits per heavy atom. The van der Waals surface area contributed by atoms with E-state index in [-0.39, 0.29) is 24.4 Å². The van der Waals surface area contributed by atoms with Crippen LogP contribution in [0.4, 0.5) is 0 Å². The van der Waals surface area contributed by atoms with Gasteiger partial charge in [-0.05, 0) is 44.9 Å². The second-order valence-corrected chi connectivity index (χ2v) is 6.26. The van der Waals surface area contributed by atoms with Gasteiger partial charge in [-0.2, -0.15) is 0 Å². The maximum Gasteiger partial charge on any atom is 0.222 e. The minimum Gasteiger partial charge on any atom is -0.486 e. The molecule has 5 nitrogen and oxygen atoms in total. The fourth-order valence-electron chi connectivity index (χ4n) is 3.27. The molecule has 0 aliphatic carbocycles. The number of para-hydroxylation sites is 2. The zero-order valence-corrected chi connectivity index (χ0v) is 15.0. The van der Waals surface area contributed by atoms with Crippen LogP contribution in [-0.4, -0.2) is 49.2 Å². The van der Waals surface area contributed by atoms with E-state index >= 15 is 0 Å². The van der Waals surface area contributed by atoms with E-state index in [4.69, 9.17) is 9.47 Å². The highest BCUT2D eigenvalue weighted by Crippen LogP contribution is 2.31. The van der Waals surface area contributed by atoms with E-state index in [0.29, 0.717) is 32.2 Å². The topological polar surface area (TPSA) is 50.8 Å². The zero-order valence-electron chi connectivity index (χ0n) is 14.2. The van der Waals surface area contributed by atoms with Gasteiger partial charge >= 0.3 is 0 Å². The summed E-state index contributed by atoms with van der Waals surface area (Å²) in [6, 6.07) is 8.19. The Morgan fingerprint density at radius 1 is 1.33 bits per heavy atom. The Kier molecular flexibility index (Phi) is 7.18. The van der Waals surface area contributed by atoms with E-state index in [1.165, 1.54) is 12.8 Å². The number of hydrogen-bond donors (Lipinski definition) is 1. The number of nitrogens with one attached hydrogen (secondary N) is 1. The first-order valence-electron chi connectivity index (χ1n) is 8.66. The summed E-state index contributed by atoms with van der Waals surface area (Å²) in [6.45, 7) is 4.89. The lowest BCUT2D eigenvalue weighted by atomic mass is 10.1. The summed E-state index contributed by atoms with van der Waals surface area (Å²) >= 11 is 0. The molecule has 0 spiro atoms. The summed E-state index contributed by atoms with van der Waals surface area (Å²) in [5.41, 5.74) is 0. The van der Waals surface area contributed by atoms with Crippen molar-refractivity contribution in [2.24, 2.45) is 0 Å². The highest BCUT2D eigenvalue weighted by Gasteiger charge is 2.25. The number of benzene rings is 1. The van der Waals surface area contributed by atoms with Gasteiger partial charge < -0.3 is 19.7 Å². The Balaban J connectivity index is 0.00000208. The second-order valence-electron chi connectivity index (χ2n) is 6.26. The van der Waals surface area contributed by atoms with Gasteiger partial charge in [0.1, 0.15) is 6.61 Å². The third-order valence-electron chi connectivity index (χ3n) is 4.60. The van der Waals surface area contributed by atoms with Gasteiger partial charge in [-0.3, -0.25) is 4.79 Å². The summed E-state index contributed by atoms with van der Waals surface area (Å²) in [5, 5.41) is 3.45. The van der Waals surface area contributed by atoms with Gasteiger partial charge in [0.25, 0.3) is 0 Å². The molecule has 6 heteroatoms. The second kappa shape index (κ2) is 9.14. The third-order valence-corrected chi connectivity index (χ3v) is 4.60. The molecule has 2 heterocycles. The van der Waals surface area contributed by atoms with Crippen LogP contribution >= 0.6 is 12.4 Å². The molecule has 1 amide bonds. The highest BCUT2D eigenvalue weighted by atomic mass is 35.5. The van der Waals surface area contributed by atoms with E-state index in [1.54, 1.807) is 0 Å². The first kappa shape index (κ1) is 18.9. The average Bonchev–Trinajstić information content (AvgIpc) is 3.11. The molecule has 0 bridgehead atoms. The number of halogens is 1. The lowest BCUT2D eigenvalue weighted by Crippen LogP contribution is -2.43. The van der Waals surface area contributed by atoms with E-state index in [9.17, 15) is 4.79 Å². The number of amides is 1. The number of rotatable bonds is 6. The molecule has 1 fully saturated rings. The largest absolute Gasteiger partial charge is 0.486 e. The van der Waals surface area contributed by atoms with Crippen molar-refractivity contribution in [1.29, 1.82) is 0 Å². The fourth-order valence-corrected chi connectivity index (χ4v) is 3.27. The molecule has 0 saturated carbocycles. The van der Waals surface area contributed by atoms with Crippen LogP contribution in [0.1, 0.15) is 32.6 Å². The monoisotopic (exact) mass is 354 g/mol. The predicted molar refractivity (Wildman–Crippen MR) is 96.1 cm³/mol. The van der Waals surface area contributed by atoms with E-state index in [0.717, 1.165) is 24.5 Å². The molecule has 2 unspecified atom stereocenters. The Bertz CT molecular complexity index is 535. The van der Waals surface area contributed by atoms with Gasteiger partial charge in [-0.1, -0.05) is 12.1 Å². The van der Waals surface area contributed by atoms with Crippen molar-refractivity contribution >= 4 is 18.3 Å². The number of hydrogen-bond acceptors (Lipinski definition) is 4. The summed E-state index contributed by atoms with van der Waals surface area (Å²) in [4.78, 5) is 14.3. The number of carbonyl (C=O) groups excluding carboxylic acids is 1. The number of fused-ring (bicyclic) bond motifs is 1. The third kappa shape index (κ3) is 4.77. The summed E-state index contributed by atoms with van der Waals surface area (Å²) in [6.07, 6.45) is 3.85. The zero-order chi connectivity index (χ0) is 16.1. The van der Waals surface area contributed by atoms with Gasteiger partial charge in [-0.25, -0.2) is 0 Å². The maximum atomic E-state index is 12.5. The molecular weight excluding hydrogens is 328 g/mol. The van der Waals surface area contributed by atoms with E-state index in [2.05, 4.69) is 5.32 Å². The smallest absolute Gasteiger partial charge is 0.222 e. The molecule has 24 heavy (non-hydrogen) atoms. The lowest BCUT2D eigenvalue weighted by molar-refractivity contribution is -0.132. The standard InChI is InChI=1S/C18H26N2O3.ClH/c1-2-20(18(21)10-9-14-6-5-11-19-14)12-15-13-22-16-7-3-4-8-17(16)23-15;/h3-4,7-8,14-15,19H,2,5-6,9-13H2,1H3;1H. The molecule has 2 aliphatic rings. The summed E-state index contributed by atoms with van der Waals surface area (Å²) in [5.74, 6) is 1.76. The Labute approximate surface area is 150 Å². The molecule has 1 aromatic rings. The normalized spacial score (nSPS) is 21.9. The first-order valence-corrected chi connectivity index (χ1v) is 8.66. The highest BCUT2D eigenvalue weighted by molar-refractivity contribution is 5.85. The minimum atomic E-state index is -0.0987. The van der Waals surface area contributed by atoms with Crippen LogP contribution in [-0.2, 0) is 4.79 Å². The van der Waals surface area contributed by atoms with Crippen LogP contribution in [0.3, 0.4) is 0 Å². The Hall–Kier alpha value is -1.46. The molecule has 1 N–H and O–H groups in total. The van der Waals surface area contributed by atoms with Crippen molar-refractivity contribution in [2.45, 2.75) is 44.8 Å². The number of carbonyl (C=O) groups is 1. The van der Waals surface area contributed by atoms with E-state index in [1.807, 2.05) is 36.1 Å². The van der Waals surface area contributed by atoms with Crippen molar-refractivity contribution < 1.29 is 14.3 Å². The molecule has 3 rings (SSSR count). The van der Waals surface area contributed by atoms with Crippen LogP contribution in [0.15, 0.2) is 24.3 Å². The van der Waals surface area contributed by atoms with Crippen molar-refractivity contribution in [3.8, 4) is 11.5 Å². The molecule has 0 radical (unpaired) electrons. The van der Waals surface area contributed by atoms with Crippen LogP contribution in [0, 0.1) is 0 Å². The number of nitrogens with zero attached hydrogens (tertiary/aromatic N) is 1. The van der Waals surface area contributed by atoms with Gasteiger partial charge in [-0.15, -0.1) is 12.4 Å². The molecule has 1 aromatic carbocycles. The summed E-state index contributed by atoms with van der Waals surface area (Å²) < 4.78 is 11.7. The van der Waals surface area contributed by atoms with Crippen LogP contribution in [0.5, 0.6) is 11.5 Å². The van der Waals surface area contributed by atoms with Crippen LogP contribution in [0.25, 0.3) is 0 Å². The Morgan fingerprint density at radius 3 is 2.83 bits per heavy atom. The van der Waals surface area contributed by atoms with E-state index < -0.39 is 0 Å². The molecule has 2 atom stereocenters. The van der Waals surface area contributed by atoms with Crippen LogP contribution < -0.4 is 14.8 Å².